The number of aliphatic imine (C=N–C) groups is 1. The summed E-state index contributed by atoms with van der Waals surface area (Å²) in [4.78, 5) is 27.2. The van der Waals surface area contributed by atoms with Crippen molar-refractivity contribution in [3.8, 4) is 0 Å². The van der Waals surface area contributed by atoms with Crippen molar-refractivity contribution in [1.82, 2.24) is 25.0 Å². The van der Waals surface area contributed by atoms with Gasteiger partial charge in [0, 0.05) is 70.0 Å². The second-order valence-corrected chi connectivity index (χ2v) is 8.67. The molecule has 2 fully saturated rings. The molecule has 1 unspecified atom stereocenters. The van der Waals surface area contributed by atoms with E-state index in [1.807, 2.05) is 11.9 Å². The maximum atomic E-state index is 12.7. The van der Waals surface area contributed by atoms with Gasteiger partial charge in [-0.3, -0.25) is 14.7 Å². The molecular formula is C24H36N6O. The van der Waals surface area contributed by atoms with Crippen LogP contribution < -0.4 is 5.32 Å². The first-order chi connectivity index (χ1) is 15.2. The number of hydrogen-bond acceptors (Lipinski definition) is 3. The minimum Gasteiger partial charge on any atom is -0.361 e. The third-order valence-corrected chi connectivity index (χ3v) is 6.73. The van der Waals surface area contributed by atoms with E-state index < -0.39 is 0 Å². The molecule has 2 aliphatic heterocycles. The number of aromatic amines is 1. The summed E-state index contributed by atoms with van der Waals surface area (Å²) in [6.07, 6.45) is 6.52. The second-order valence-electron chi connectivity index (χ2n) is 8.67. The molecule has 1 aromatic carbocycles. The number of likely N-dealkylation sites (tertiary alicyclic amines) is 1. The molecule has 0 spiro atoms. The number of carbonyl (C=O) groups is 1. The molecule has 2 aliphatic rings. The van der Waals surface area contributed by atoms with E-state index in [2.05, 4.69) is 62.5 Å². The molecule has 0 saturated carbocycles. The van der Waals surface area contributed by atoms with Gasteiger partial charge in [0.2, 0.25) is 5.91 Å². The van der Waals surface area contributed by atoms with Gasteiger partial charge in [-0.1, -0.05) is 18.2 Å². The van der Waals surface area contributed by atoms with Gasteiger partial charge in [0.25, 0.3) is 0 Å². The number of fused-ring (bicyclic) bond motifs is 1. The summed E-state index contributed by atoms with van der Waals surface area (Å²) < 4.78 is 0. The molecule has 2 N–H and O–H groups in total. The van der Waals surface area contributed by atoms with Crippen molar-refractivity contribution in [2.24, 2.45) is 4.99 Å². The van der Waals surface area contributed by atoms with Gasteiger partial charge in [0.15, 0.2) is 5.96 Å². The predicted octanol–water partition coefficient (Wildman–Crippen LogP) is 2.30. The van der Waals surface area contributed by atoms with Crippen LogP contribution in [-0.4, -0.2) is 90.5 Å². The Morgan fingerprint density at radius 2 is 1.84 bits per heavy atom. The molecule has 4 rings (SSSR count). The highest BCUT2D eigenvalue weighted by Crippen LogP contribution is 2.19. The molecule has 2 aromatic rings. The normalized spacial score (nSPS) is 19.2. The van der Waals surface area contributed by atoms with Crippen molar-refractivity contribution < 1.29 is 4.79 Å². The average molecular weight is 425 g/mol. The maximum absolute atomic E-state index is 12.7. The Balaban J connectivity index is 1.21. The Morgan fingerprint density at radius 1 is 1.10 bits per heavy atom. The number of benzene rings is 1. The predicted molar refractivity (Wildman–Crippen MR) is 126 cm³/mol. The van der Waals surface area contributed by atoms with Gasteiger partial charge < -0.3 is 20.1 Å². The van der Waals surface area contributed by atoms with Crippen molar-refractivity contribution >= 4 is 22.8 Å². The number of H-pyrrole nitrogens is 1. The molecule has 3 heterocycles. The van der Waals surface area contributed by atoms with Gasteiger partial charge in [-0.15, -0.1) is 0 Å². The second kappa shape index (κ2) is 10.2. The third kappa shape index (κ3) is 5.03. The summed E-state index contributed by atoms with van der Waals surface area (Å²) >= 11 is 0. The zero-order chi connectivity index (χ0) is 21.6. The monoisotopic (exact) mass is 424 g/mol. The van der Waals surface area contributed by atoms with E-state index in [4.69, 9.17) is 0 Å². The van der Waals surface area contributed by atoms with Crippen LogP contribution in [0, 0.1) is 0 Å². The van der Waals surface area contributed by atoms with Crippen molar-refractivity contribution in [2.45, 2.75) is 38.6 Å². The SMILES string of the molecule is CN=C(NCCCc1c[nH]c2ccccc12)N1CCN(C(C)C(=O)N2CCCC2)CC1. The highest BCUT2D eigenvalue weighted by Gasteiger charge is 2.30. The zero-order valence-electron chi connectivity index (χ0n) is 18.9. The number of piperazine rings is 1. The Kier molecular flexibility index (Phi) is 7.12. The van der Waals surface area contributed by atoms with E-state index in [0.29, 0.717) is 5.91 Å². The number of rotatable bonds is 6. The van der Waals surface area contributed by atoms with Gasteiger partial charge in [0.1, 0.15) is 0 Å². The lowest BCUT2D eigenvalue weighted by molar-refractivity contribution is -0.135. The number of guanidine groups is 1. The largest absolute Gasteiger partial charge is 0.361 e. The number of hydrogen-bond donors (Lipinski definition) is 2. The van der Waals surface area contributed by atoms with E-state index in [1.165, 1.54) is 16.5 Å². The molecule has 1 atom stereocenters. The topological polar surface area (TPSA) is 67.0 Å². The summed E-state index contributed by atoms with van der Waals surface area (Å²) in [5, 5.41) is 4.85. The fourth-order valence-corrected chi connectivity index (χ4v) is 4.83. The molecule has 7 heteroatoms. The van der Waals surface area contributed by atoms with Crippen LogP contribution in [0.15, 0.2) is 35.5 Å². The van der Waals surface area contributed by atoms with Crippen molar-refractivity contribution in [1.29, 1.82) is 0 Å². The van der Waals surface area contributed by atoms with Gasteiger partial charge in [-0.25, -0.2) is 0 Å². The summed E-state index contributed by atoms with van der Waals surface area (Å²) in [5.74, 6) is 1.27. The van der Waals surface area contributed by atoms with Crippen molar-refractivity contribution in [3.63, 3.8) is 0 Å². The fourth-order valence-electron chi connectivity index (χ4n) is 4.83. The Bertz CT molecular complexity index is 892. The van der Waals surface area contributed by atoms with Gasteiger partial charge in [0.05, 0.1) is 6.04 Å². The first kappa shape index (κ1) is 21.7. The number of aromatic nitrogens is 1. The van der Waals surface area contributed by atoms with Crippen LogP contribution in [0.1, 0.15) is 31.7 Å². The minimum atomic E-state index is -0.0219. The lowest BCUT2D eigenvalue weighted by Gasteiger charge is -2.39. The molecule has 31 heavy (non-hydrogen) atoms. The molecule has 168 valence electrons. The average Bonchev–Trinajstić information content (AvgIpc) is 3.49. The standard InChI is InChI=1S/C24H36N6O/c1-19(23(31)29-12-5-6-13-29)28-14-16-30(17-15-28)24(25-2)26-11-7-8-20-18-27-22-10-4-3-9-21(20)22/h3-4,9-10,18-19,27H,5-8,11-17H2,1-2H3,(H,25,26). The highest BCUT2D eigenvalue weighted by atomic mass is 16.2. The van der Waals surface area contributed by atoms with Crippen LogP contribution >= 0.6 is 0 Å². The van der Waals surface area contributed by atoms with Crippen LogP contribution in [0.5, 0.6) is 0 Å². The molecule has 0 aliphatic carbocycles. The quantitative estimate of drug-likeness (QED) is 0.424. The first-order valence-electron chi connectivity index (χ1n) is 11.7. The lowest BCUT2D eigenvalue weighted by Crippen LogP contribution is -2.57. The van der Waals surface area contributed by atoms with Crippen molar-refractivity contribution in [2.75, 3.05) is 52.9 Å². The Morgan fingerprint density at radius 3 is 2.58 bits per heavy atom. The van der Waals surface area contributed by atoms with Crippen LogP contribution in [0.2, 0.25) is 0 Å². The van der Waals surface area contributed by atoms with Gasteiger partial charge in [-0.2, -0.15) is 0 Å². The van der Waals surface area contributed by atoms with E-state index in [9.17, 15) is 4.79 Å². The number of carbonyl (C=O) groups excluding carboxylic acids is 1. The van der Waals surface area contributed by atoms with E-state index >= 15 is 0 Å². The highest BCUT2D eigenvalue weighted by molar-refractivity contribution is 5.83. The summed E-state index contributed by atoms with van der Waals surface area (Å²) in [6, 6.07) is 8.45. The van der Waals surface area contributed by atoms with Crippen LogP contribution in [0.25, 0.3) is 10.9 Å². The number of amides is 1. The van der Waals surface area contributed by atoms with E-state index in [1.54, 1.807) is 0 Å². The fraction of sp³-hybridized carbons (Fsp3) is 0.583. The third-order valence-electron chi connectivity index (χ3n) is 6.73. The number of nitrogens with one attached hydrogen (secondary N) is 2. The molecule has 1 aromatic heterocycles. The molecule has 0 bridgehead atoms. The summed E-state index contributed by atoms with van der Waals surface area (Å²) in [5.41, 5.74) is 2.58. The minimum absolute atomic E-state index is 0.0219. The Hall–Kier alpha value is -2.54. The van der Waals surface area contributed by atoms with Crippen LogP contribution in [-0.2, 0) is 11.2 Å². The first-order valence-corrected chi connectivity index (χ1v) is 11.7. The summed E-state index contributed by atoms with van der Waals surface area (Å²) in [6.45, 7) is 8.42. The van der Waals surface area contributed by atoms with Crippen LogP contribution in [0.4, 0.5) is 0 Å². The maximum Gasteiger partial charge on any atom is 0.239 e. The molecule has 1 amide bonds. The number of nitrogens with zero attached hydrogens (tertiary/aromatic N) is 4. The Labute approximate surface area is 185 Å². The number of aryl methyl sites for hydroxylation is 1. The molecule has 2 saturated heterocycles. The van der Waals surface area contributed by atoms with Gasteiger partial charge >= 0.3 is 0 Å². The molecule has 0 radical (unpaired) electrons. The van der Waals surface area contributed by atoms with E-state index in [0.717, 1.165) is 77.5 Å². The van der Waals surface area contributed by atoms with Crippen LogP contribution in [0.3, 0.4) is 0 Å². The smallest absolute Gasteiger partial charge is 0.239 e. The lowest BCUT2D eigenvalue weighted by atomic mass is 10.1. The summed E-state index contributed by atoms with van der Waals surface area (Å²) in [7, 11) is 1.86. The van der Waals surface area contributed by atoms with E-state index in [-0.39, 0.29) is 6.04 Å². The zero-order valence-corrected chi connectivity index (χ0v) is 18.9. The molecule has 7 nitrogen and oxygen atoms in total. The molecular weight excluding hydrogens is 388 g/mol. The number of para-hydroxylation sites is 1. The van der Waals surface area contributed by atoms with Gasteiger partial charge in [-0.05, 0) is 44.2 Å². The van der Waals surface area contributed by atoms with Crippen molar-refractivity contribution in [3.05, 3.63) is 36.0 Å².